The summed E-state index contributed by atoms with van der Waals surface area (Å²) < 4.78 is 1.51. The minimum Gasteiger partial charge on any atom is -0.390 e. The molecule has 0 fully saturated rings. The van der Waals surface area contributed by atoms with Crippen LogP contribution < -0.4 is 0 Å². The number of hydrogen-bond acceptors (Lipinski definition) is 9. The zero-order valence-corrected chi connectivity index (χ0v) is 12.9. The van der Waals surface area contributed by atoms with Crippen LogP contribution in [-0.4, -0.2) is 61.7 Å². The predicted molar refractivity (Wildman–Crippen MR) is 77.5 cm³/mol. The number of nitrogens with zero attached hydrogens (tertiary/aromatic N) is 9. The maximum absolute atomic E-state index is 9.64. The van der Waals surface area contributed by atoms with E-state index in [0.29, 0.717) is 17.1 Å². The molecule has 0 aliphatic heterocycles. The van der Waals surface area contributed by atoms with E-state index in [1.807, 2.05) is 0 Å². The molecule has 0 radical (unpaired) electrons. The summed E-state index contributed by atoms with van der Waals surface area (Å²) in [6, 6.07) is 3.39. The summed E-state index contributed by atoms with van der Waals surface area (Å²) in [4.78, 5) is 5.54. The van der Waals surface area contributed by atoms with Crippen LogP contribution in [0.25, 0.3) is 11.5 Å². The molecule has 0 aliphatic rings. The molecule has 3 rings (SSSR count). The highest BCUT2D eigenvalue weighted by Gasteiger charge is 2.15. The predicted octanol–water partition coefficient (Wildman–Crippen LogP) is -1.10. The maximum Gasteiger partial charge on any atom is 0.200 e. The lowest BCUT2D eigenvalue weighted by atomic mass is 10.1. The first-order valence-corrected chi connectivity index (χ1v) is 6.70. The van der Waals surface area contributed by atoms with Gasteiger partial charge in [0.25, 0.3) is 0 Å². The molecule has 11 heteroatoms. The molecule has 11 nitrogen and oxygen atoms in total. The Morgan fingerprint density at radius 1 is 1.13 bits per heavy atom. The van der Waals surface area contributed by atoms with Crippen LogP contribution in [0.15, 0.2) is 24.7 Å². The minimum atomic E-state index is -0.936. The Bertz CT molecular complexity index is 708. The van der Waals surface area contributed by atoms with Crippen molar-refractivity contribution in [2.24, 2.45) is 14.1 Å². The number of rotatable bonds is 3. The van der Waals surface area contributed by atoms with Crippen LogP contribution in [0.5, 0.6) is 0 Å². The van der Waals surface area contributed by atoms with Crippen molar-refractivity contribution in [3.63, 3.8) is 0 Å². The highest BCUT2D eigenvalue weighted by atomic mass is 16.3. The lowest BCUT2D eigenvalue weighted by molar-refractivity contribution is 0.0303. The molecule has 3 aromatic heterocycles. The van der Waals surface area contributed by atoms with E-state index in [4.69, 9.17) is 0 Å². The van der Waals surface area contributed by atoms with Gasteiger partial charge in [0.15, 0.2) is 12.2 Å². The number of pyridine rings is 1. The highest BCUT2D eigenvalue weighted by molar-refractivity contribution is 5.48. The van der Waals surface area contributed by atoms with Gasteiger partial charge in [-0.25, -0.2) is 4.68 Å². The lowest BCUT2D eigenvalue weighted by Gasteiger charge is -2.13. The zero-order valence-electron chi connectivity index (χ0n) is 12.9. The minimum absolute atomic E-state index is 0.545. The number of aliphatic hydroxyl groups is 2. The van der Waals surface area contributed by atoms with Crippen molar-refractivity contribution in [3.8, 4) is 11.5 Å². The Labute approximate surface area is 131 Å². The summed E-state index contributed by atoms with van der Waals surface area (Å²) in [5.41, 5.74) is 1.16. The largest absolute Gasteiger partial charge is 0.390 e. The average Bonchev–Trinajstić information content (AvgIpc) is 3.18. The fourth-order valence-corrected chi connectivity index (χ4v) is 1.66. The number of hydrogen-bond donors (Lipinski definition) is 2. The second-order valence-electron chi connectivity index (χ2n) is 4.71. The second-order valence-corrected chi connectivity index (χ2v) is 4.71. The monoisotopic (exact) mass is 319 g/mol. The first kappa shape index (κ1) is 16.6. The summed E-state index contributed by atoms with van der Waals surface area (Å²) in [7, 11) is 3.43. The van der Waals surface area contributed by atoms with Crippen molar-refractivity contribution in [3.05, 3.63) is 30.2 Å². The van der Waals surface area contributed by atoms with Gasteiger partial charge in [-0.05, 0) is 28.6 Å². The van der Waals surface area contributed by atoms with Crippen LogP contribution in [-0.2, 0) is 14.1 Å². The van der Waals surface area contributed by atoms with Gasteiger partial charge in [-0.3, -0.25) is 4.98 Å². The van der Waals surface area contributed by atoms with E-state index in [0.717, 1.165) is 0 Å². The van der Waals surface area contributed by atoms with Gasteiger partial charge in [-0.15, -0.1) is 15.3 Å². The summed E-state index contributed by atoms with van der Waals surface area (Å²) in [5.74, 6) is 0.545. The summed E-state index contributed by atoms with van der Waals surface area (Å²) in [5, 5.41) is 40.4. The smallest absolute Gasteiger partial charge is 0.200 e. The van der Waals surface area contributed by atoms with Crippen molar-refractivity contribution < 1.29 is 10.2 Å². The molecule has 0 aromatic carbocycles. The zero-order chi connectivity index (χ0) is 16.8. The van der Waals surface area contributed by atoms with E-state index < -0.39 is 12.2 Å². The molecule has 0 spiro atoms. The molecular formula is C12H17N9O2. The van der Waals surface area contributed by atoms with Crippen LogP contribution in [0, 0.1) is 0 Å². The third-order valence-electron chi connectivity index (χ3n) is 2.89. The average molecular weight is 319 g/mol. The van der Waals surface area contributed by atoms with Crippen LogP contribution in [0.1, 0.15) is 18.6 Å². The topological polar surface area (TPSA) is 141 Å². The van der Waals surface area contributed by atoms with Crippen molar-refractivity contribution in [2.45, 2.75) is 19.1 Å². The normalized spacial score (nSPS) is 13.1. The van der Waals surface area contributed by atoms with E-state index in [-0.39, 0.29) is 0 Å². The third-order valence-corrected chi connectivity index (χ3v) is 2.89. The van der Waals surface area contributed by atoms with E-state index in [2.05, 4.69) is 35.9 Å². The van der Waals surface area contributed by atoms with Crippen LogP contribution in [0.2, 0.25) is 0 Å². The molecule has 0 amide bonds. The van der Waals surface area contributed by atoms with Gasteiger partial charge >= 0.3 is 0 Å². The van der Waals surface area contributed by atoms with Gasteiger partial charge < -0.3 is 10.2 Å². The SMILES string of the molecule is CC(O)C(O)c1ccc(-c2nnnn2C)nc1.Cn1ncnn1. The Morgan fingerprint density at radius 2 is 1.91 bits per heavy atom. The van der Waals surface area contributed by atoms with Gasteiger partial charge in [0.05, 0.1) is 13.2 Å². The molecule has 2 N–H and O–H groups in total. The van der Waals surface area contributed by atoms with E-state index >= 15 is 0 Å². The first-order valence-electron chi connectivity index (χ1n) is 6.70. The van der Waals surface area contributed by atoms with Crippen molar-refractivity contribution in [1.29, 1.82) is 0 Å². The Hall–Kier alpha value is -2.79. The molecule has 2 unspecified atom stereocenters. The molecule has 0 aliphatic carbocycles. The molecule has 3 heterocycles. The van der Waals surface area contributed by atoms with Crippen molar-refractivity contribution >= 4 is 0 Å². The van der Waals surface area contributed by atoms with Gasteiger partial charge in [0, 0.05) is 18.8 Å². The van der Waals surface area contributed by atoms with E-state index in [1.165, 1.54) is 28.9 Å². The first-order chi connectivity index (χ1) is 11.0. The van der Waals surface area contributed by atoms with Gasteiger partial charge in [-0.2, -0.15) is 4.80 Å². The van der Waals surface area contributed by atoms with Crippen molar-refractivity contribution in [2.75, 3.05) is 0 Å². The molecule has 23 heavy (non-hydrogen) atoms. The quantitative estimate of drug-likeness (QED) is 0.615. The number of tetrazole rings is 2. The molecule has 0 saturated heterocycles. The van der Waals surface area contributed by atoms with Crippen LogP contribution in [0.4, 0.5) is 0 Å². The van der Waals surface area contributed by atoms with Gasteiger partial charge in [0.1, 0.15) is 11.8 Å². The number of aromatic nitrogens is 9. The molecule has 2 atom stereocenters. The lowest BCUT2D eigenvalue weighted by Crippen LogP contribution is -2.14. The third kappa shape index (κ3) is 4.34. The fraction of sp³-hybridized carbons (Fsp3) is 0.417. The molecule has 0 bridgehead atoms. The highest BCUT2D eigenvalue weighted by Crippen LogP contribution is 2.18. The maximum atomic E-state index is 9.64. The van der Waals surface area contributed by atoms with Gasteiger partial charge in [0.2, 0.25) is 0 Å². The van der Waals surface area contributed by atoms with E-state index in [9.17, 15) is 10.2 Å². The summed E-state index contributed by atoms with van der Waals surface area (Å²) >= 11 is 0. The standard InChI is InChI=1S/C10H13N5O2.C2H4N4/c1-6(16)9(17)7-3-4-8(11-5-7)10-12-13-14-15(10)2;1-6-4-2-3-5-6/h3-6,9,16-17H,1-2H3;2H,1H3. The molecule has 3 aromatic rings. The Balaban J connectivity index is 0.000000268. The summed E-state index contributed by atoms with van der Waals surface area (Å²) in [6.07, 6.45) is 1.12. The van der Waals surface area contributed by atoms with E-state index in [1.54, 1.807) is 26.2 Å². The second kappa shape index (κ2) is 7.47. The van der Waals surface area contributed by atoms with Crippen LogP contribution in [0.3, 0.4) is 0 Å². The summed E-state index contributed by atoms with van der Waals surface area (Å²) in [6.45, 7) is 1.52. The Morgan fingerprint density at radius 3 is 2.30 bits per heavy atom. The molecule has 122 valence electrons. The van der Waals surface area contributed by atoms with Gasteiger partial charge in [-0.1, -0.05) is 6.07 Å². The number of aliphatic hydroxyl groups excluding tert-OH is 2. The molecule has 0 saturated carbocycles. The number of aryl methyl sites for hydroxylation is 2. The molecular weight excluding hydrogens is 302 g/mol. The fourth-order valence-electron chi connectivity index (χ4n) is 1.66. The van der Waals surface area contributed by atoms with Crippen molar-refractivity contribution in [1.82, 2.24) is 45.4 Å². The Kier molecular flexibility index (Phi) is 5.38. The van der Waals surface area contributed by atoms with Crippen LogP contribution >= 0.6 is 0 Å².